The second kappa shape index (κ2) is 10.1. The fourth-order valence-corrected chi connectivity index (χ4v) is 6.11. The molecule has 0 unspecified atom stereocenters. The predicted octanol–water partition coefficient (Wildman–Crippen LogP) is 1.20. The molecule has 0 saturated carbocycles. The lowest BCUT2D eigenvalue weighted by Gasteiger charge is -2.28. The van der Waals surface area contributed by atoms with Crippen LogP contribution in [0.25, 0.3) is 35.0 Å². The van der Waals surface area contributed by atoms with Gasteiger partial charge in [0.15, 0.2) is 5.03 Å². The zero-order valence-electron chi connectivity index (χ0n) is 21.9. The van der Waals surface area contributed by atoms with Crippen molar-refractivity contribution >= 4 is 39.6 Å². The van der Waals surface area contributed by atoms with Crippen LogP contribution in [0, 0.1) is 0 Å². The molecule has 204 valence electrons. The molecule has 0 spiro atoms. The van der Waals surface area contributed by atoms with E-state index in [0.29, 0.717) is 16.4 Å². The number of allylic oxidation sites excluding steroid dienone is 1. The smallest absolute Gasteiger partial charge is 0.301 e. The highest BCUT2D eigenvalue weighted by molar-refractivity contribution is 7.89. The predicted molar refractivity (Wildman–Crippen MR) is 153 cm³/mol. The minimum absolute atomic E-state index is 0.0216. The quantitative estimate of drug-likeness (QED) is 0.331. The van der Waals surface area contributed by atoms with Crippen molar-refractivity contribution in [2.75, 3.05) is 31.2 Å². The Kier molecular flexibility index (Phi) is 6.48. The number of pyridine rings is 1. The van der Waals surface area contributed by atoms with E-state index in [4.69, 9.17) is 10.5 Å². The molecule has 5 aromatic rings. The van der Waals surface area contributed by atoms with Gasteiger partial charge >= 0.3 is 10.0 Å². The van der Waals surface area contributed by atoms with Crippen molar-refractivity contribution in [1.82, 2.24) is 28.4 Å². The Balaban J connectivity index is 1.39. The van der Waals surface area contributed by atoms with E-state index in [0.717, 1.165) is 52.8 Å². The molecule has 0 radical (unpaired) electrons. The Hall–Kier alpha value is -4.68. The summed E-state index contributed by atoms with van der Waals surface area (Å²) >= 11 is 0. The number of rotatable bonds is 6. The first-order valence-electron chi connectivity index (χ1n) is 12.7. The van der Waals surface area contributed by atoms with Crippen molar-refractivity contribution in [1.29, 1.82) is 0 Å². The van der Waals surface area contributed by atoms with Crippen LogP contribution >= 0.6 is 0 Å². The molecule has 0 atom stereocenters. The second-order valence-corrected chi connectivity index (χ2v) is 11.2. The summed E-state index contributed by atoms with van der Waals surface area (Å²) in [5, 5.41) is 9.03. The third-order valence-electron chi connectivity index (χ3n) is 6.90. The number of fused-ring (bicyclic) bond motifs is 1. The molecule has 1 fully saturated rings. The van der Waals surface area contributed by atoms with Crippen LogP contribution in [-0.4, -0.2) is 63.1 Å². The van der Waals surface area contributed by atoms with Crippen molar-refractivity contribution in [3.8, 4) is 11.1 Å². The van der Waals surface area contributed by atoms with E-state index in [2.05, 4.69) is 38.8 Å². The highest BCUT2D eigenvalue weighted by atomic mass is 32.2. The minimum Gasteiger partial charge on any atom is -0.404 e. The lowest BCUT2D eigenvalue weighted by molar-refractivity contribution is 0.122. The lowest BCUT2D eigenvalue weighted by atomic mass is 10.1. The normalized spacial score (nSPS) is 15.3. The molecule has 5 heterocycles. The van der Waals surface area contributed by atoms with Crippen molar-refractivity contribution in [2.24, 2.45) is 12.8 Å². The Bertz CT molecular complexity index is 1950. The van der Waals surface area contributed by atoms with Crippen molar-refractivity contribution in [2.45, 2.75) is 5.03 Å². The van der Waals surface area contributed by atoms with Crippen LogP contribution in [0.4, 0.5) is 5.69 Å². The number of aryl methyl sites for hydroxylation is 1. The number of benzene rings is 1. The van der Waals surface area contributed by atoms with Gasteiger partial charge in [-0.25, -0.2) is 4.98 Å². The number of hydrogen-bond acceptors (Lipinski definition) is 8. The molecule has 40 heavy (non-hydrogen) atoms. The summed E-state index contributed by atoms with van der Waals surface area (Å²) < 4.78 is 37.5. The SMILES string of the molecule is C=c1cnn(S(=O)(=O)c2cnc3ccc(-c4ccc(N5CCOCC5)cc4)cn23)/c1=C/C(=C\N)c1cnn(C)c1. The van der Waals surface area contributed by atoms with Gasteiger partial charge in [0, 0.05) is 60.8 Å². The number of anilines is 1. The summed E-state index contributed by atoms with van der Waals surface area (Å²) in [7, 11) is -2.37. The fourth-order valence-electron chi connectivity index (χ4n) is 4.75. The maximum absolute atomic E-state index is 13.9. The maximum Gasteiger partial charge on any atom is 0.301 e. The maximum atomic E-state index is 13.9. The summed E-state index contributed by atoms with van der Waals surface area (Å²) in [5.74, 6) is 0. The molecular weight excluding hydrogens is 528 g/mol. The first-order valence-corrected chi connectivity index (χ1v) is 14.1. The van der Waals surface area contributed by atoms with E-state index in [1.54, 1.807) is 46.9 Å². The average Bonchev–Trinajstić information content (AvgIpc) is 3.70. The Morgan fingerprint density at radius 2 is 1.75 bits per heavy atom. The third kappa shape index (κ3) is 4.56. The largest absolute Gasteiger partial charge is 0.404 e. The molecule has 1 aliphatic rings. The van der Waals surface area contributed by atoms with Crippen molar-refractivity contribution in [3.63, 3.8) is 0 Å². The molecular formula is C28H28N8O3S. The van der Waals surface area contributed by atoms with Crippen LogP contribution in [0.1, 0.15) is 5.56 Å². The van der Waals surface area contributed by atoms with Gasteiger partial charge in [0.05, 0.1) is 37.2 Å². The average molecular weight is 557 g/mol. The second-order valence-electron chi connectivity index (χ2n) is 9.46. The number of hydrogen-bond donors (Lipinski definition) is 1. The fraction of sp³-hybridized carbons (Fsp3) is 0.179. The molecule has 6 rings (SSSR count). The molecule has 12 heteroatoms. The Morgan fingerprint density at radius 3 is 2.45 bits per heavy atom. The van der Waals surface area contributed by atoms with Crippen molar-refractivity contribution < 1.29 is 13.2 Å². The van der Waals surface area contributed by atoms with E-state index >= 15 is 0 Å². The van der Waals surface area contributed by atoms with E-state index in [1.165, 1.54) is 18.6 Å². The van der Waals surface area contributed by atoms with Crippen LogP contribution in [-0.2, 0) is 21.8 Å². The van der Waals surface area contributed by atoms with Crippen LogP contribution in [0.5, 0.6) is 0 Å². The summed E-state index contributed by atoms with van der Waals surface area (Å²) in [6.07, 6.45) is 11.0. The standard InChI is InChI=1S/C28H28N8O3S/c1-20-15-32-36(26(20)13-23(14-29)24-16-31-33(2)18-24)40(37,38)28-17-30-27-8-5-22(19-35(27)28)21-3-6-25(7-4-21)34-9-11-39-12-10-34/h3-8,13-19H,1,9-12,29H2,2H3/b23-14+,26-13+. The van der Waals surface area contributed by atoms with E-state index in [-0.39, 0.29) is 10.4 Å². The number of nitrogens with zero attached hydrogens (tertiary/aromatic N) is 7. The van der Waals surface area contributed by atoms with Gasteiger partial charge in [-0.3, -0.25) is 9.08 Å². The van der Waals surface area contributed by atoms with Gasteiger partial charge in [-0.1, -0.05) is 18.7 Å². The number of ether oxygens (including phenoxy) is 1. The zero-order valence-corrected chi connectivity index (χ0v) is 22.7. The Labute approximate surface area is 230 Å². The molecule has 1 aromatic carbocycles. The Morgan fingerprint density at radius 1 is 1.00 bits per heavy atom. The third-order valence-corrected chi connectivity index (χ3v) is 8.48. The van der Waals surface area contributed by atoms with Gasteiger partial charge in [-0.2, -0.15) is 22.7 Å². The van der Waals surface area contributed by atoms with Crippen molar-refractivity contribution in [3.05, 3.63) is 89.7 Å². The van der Waals surface area contributed by atoms with Crippen LogP contribution in [0.2, 0.25) is 0 Å². The highest BCUT2D eigenvalue weighted by Gasteiger charge is 2.24. The van der Waals surface area contributed by atoms with Gasteiger partial charge in [-0.15, -0.1) is 0 Å². The molecule has 2 N–H and O–H groups in total. The van der Waals surface area contributed by atoms with Crippen LogP contribution < -0.4 is 21.2 Å². The van der Waals surface area contributed by atoms with Gasteiger partial charge in [0.25, 0.3) is 0 Å². The molecule has 0 amide bonds. The number of nitrogens with two attached hydrogens (primary N) is 1. The molecule has 1 saturated heterocycles. The molecule has 4 aromatic heterocycles. The molecule has 0 bridgehead atoms. The number of morpholine rings is 1. The summed E-state index contributed by atoms with van der Waals surface area (Å²) in [6.45, 7) is 7.12. The van der Waals surface area contributed by atoms with E-state index < -0.39 is 10.0 Å². The molecule has 11 nitrogen and oxygen atoms in total. The zero-order chi connectivity index (χ0) is 27.9. The first-order chi connectivity index (χ1) is 19.3. The topological polar surface area (TPSA) is 126 Å². The van der Waals surface area contributed by atoms with Gasteiger partial charge < -0.3 is 15.4 Å². The summed E-state index contributed by atoms with van der Waals surface area (Å²) in [5.41, 5.74) is 10.6. The van der Waals surface area contributed by atoms with Crippen LogP contribution in [0.15, 0.2) is 78.6 Å². The molecule has 0 aliphatic carbocycles. The van der Waals surface area contributed by atoms with E-state index in [1.807, 2.05) is 18.2 Å². The highest BCUT2D eigenvalue weighted by Crippen LogP contribution is 2.26. The number of aromatic nitrogens is 6. The first kappa shape index (κ1) is 25.6. The summed E-state index contributed by atoms with van der Waals surface area (Å²) in [4.78, 5) is 6.62. The van der Waals surface area contributed by atoms with Gasteiger partial charge in [0.2, 0.25) is 0 Å². The van der Waals surface area contributed by atoms with Gasteiger partial charge in [0.1, 0.15) is 5.65 Å². The molecule has 1 aliphatic heterocycles. The van der Waals surface area contributed by atoms with Crippen LogP contribution in [0.3, 0.4) is 0 Å². The van der Waals surface area contributed by atoms with E-state index in [9.17, 15) is 8.42 Å². The summed E-state index contributed by atoms with van der Waals surface area (Å²) in [6, 6.07) is 11.9. The minimum atomic E-state index is -4.16. The monoisotopic (exact) mass is 556 g/mol. The number of imidazole rings is 1. The lowest BCUT2D eigenvalue weighted by Crippen LogP contribution is -2.36. The van der Waals surface area contributed by atoms with Gasteiger partial charge in [-0.05, 0) is 41.5 Å².